The molecule has 1 aromatic carbocycles. The minimum Gasteiger partial charge on any atom is -0.368 e. The standard InChI is InChI=1S/C19H29FN4O2/c1-3-22(4-2)11-5-10-21-18(25)19(26)24-14-12-23(13-15-24)17-8-6-16(20)7-9-17/h6-9H,3-5,10-15H2,1-2H3,(H,21,25). The zero-order valence-electron chi connectivity index (χ0n) is 15.7. The maximum Gasteiger partial charge on any atom is 0.312 e. The van der Waals surface area contributed by atoms with E-state index in [9.17, 15) is 14.0 Å². The van der Waals surface area contributed by atoms with Crippen molar-refractivity contribution in [2.45, 2.75) is 20.3 Å². The molecule has 26 heavy (non-hydrogen) atoms. The molecule has 0 saturated carbocycles. The van der Waals surface area contributed by atoms with Crippen LogP contribution in [0, 0.1) is 5.82 Å². The molecule has 1 aromatic rings. The Morgan fingerprint density at radius 3 is 2.27 bits per heavy atom. The van der Waals surface area contributed by atoms with Gasteiger partial charge >= 0.3 is 11.8 Å². The van der Waals surface area contributed by atoms with Gasteiger partial charge in [0.05, 0.1) is 0 Å². The Bertz CT molecular complexity index is 582. The largest absolute Gasteiger partial charge is 0.368 e. The van der Waals surface area contributed by atoms with Gasteiger partial charge in [-0.25, -0.2) is 4.39 Å². The molecule has 0 unspecified atom stereocenters. The number of benzene rings is 1. The molecule has 1 saturated heterocycles. The number of hydrogen-bond donors (Lipinski definition) is 1. The number of nitrogens with one attached hydrogen (secondary N) is 1. The van der Waals surface area contributed by atoms with E-state index >= 15 is 0 Å². The van der Waals surface area contributed by atoms with E-state index < -0.39 is 11.8 Å². The van der Waals surface area contributed by atoms with E-state index in [0.29, 0.717) is 32.7 Å². The first-order valence-corrected chi connectivity index (χ1v) is 9.35. The van der Waals surface area contributed by atoms with Crippen LogP contribution < -0.4 is 10.2 Å². The highest BCUT2D eigenvalue weighted by Crippen LogP contribution is 2.16. The molecule has 0 spiro atoms. The maximum absolute atomic E-state index is 13.0. The fourth-order valence-electron chi connectivity index (χ4n) is 3.08. The number of nitrogens with zero attached hydrogens (tertiary/aromatic N) is 3. The van der Waals surface area contributed by atoms with Crippen LogP contribution in [0.3, 0.4) is 0 Å². The molecule has 1 N–H and O–H groups in total. The molecule has 0 radical (unpaired) electrons. The molecule has 1 aliphatic rings. The van der Waals surface area contributed by atoms with Crippen molar-refractivity contribution in [3.8, 4) is 0 Å². The lowest BCUT2D eigenvalue weighted by molar-refractivity contribution is -0.146. The van der Waals surface area contributed by atoms with Gasteiger partial charge in [0.2, 0.25) is 0 Å². The van der Waals surface area contributed by atoms with Gasteiger partial charge in [-0.05, 0) is 50.3 Å². The van der Waals surface area contributed by atoms with Crippen LogP contribution in [0.4, 0.5) is 10.1 Å². The van der Waals surface area contributed by atoms with Gasteiger partial charge < -0.3 is 20.0 Å². The van der Waals surface area contributed by atoms with Crippen LogP contribution in [0.25, 0.3) is 0 Å². The number of hydrogen-bond acceptors (Lipinski definition) is 4. The predicted octanol–water partition coefficient (Wildman–Crippen LogP) is 1.32. The molecule has 2 rings (SSSR count). The highest BCUT2D eigenvalue weighted by atomic mass is 19.1. The number of halogens is 1. The Kier molecular flexibility index (Phi) is 7.84. The number of rotatable bonds is 7. The molecule has 0 atom stereocenters. The summed E-state index contributed by atoms with van der Waals surface area (Å²) in [6.07, 6.45) is 0.832. The second-order valence-corrected chi connectivity index (χ2v) is 6.39. The number of amides is 2. The minimum atomic E-state index is -0.528. The van der Waals surface area contributed by atoms with Gasteiger partial charge in [-0.1, -0.05) is 13.8 Å². The third-order valence-corrected chi connectivity index (χ3v) is 4.78. The van der Waals surface area contributed by atoms with Gasteiger partial charge in [-0.2, -0.15) is 0 Å². The van der Waals surface area contributed by atoms with Gasteiger partial charge in [0.1, 0.15) is 5.82 Å². The Labute approximate surface area is 154 Å². The minimum absolute atomic E-state index is 0.264. The Balaban J connectivity index is 1.71. The fourth-order valence-corrected chi connectivity index (χ4v) is 3.08. The number of anilines is 1. The summed E-state index contributed by atoms with van der Waals surface area (Å²) < 4.78 is 13.0. The lowest BCUT2D eigenvalue weighted by atomic mass is 10.2. The quantitative estimate of drug-likeness (QED) is 0.586. The van der Waals surface area contributed by atoms with E-state index in [2.05, 4.69) is 29.0 Å². The summed E-state index contributed by atoms with van der Waals surface area (Å²) in [7, 11) is 0. The third kappa shape index (κ3) is 5.69. The summed E-state index contributed by atoms with van der Waals surface area (Å²) in [6, 6.07) is 6.32. The Morgan fingerprint density at radius 1 is 1.08 bits per heavy atom. The topological polar surface area (TPSA) is 55.9 Å². The van der Waals surface area contributed by atoms with Crippen molar-refractivity contribution in [3.05, 3.63) is 30.1 Å². The van der Waals surface area contributed by atoms with E-state index in [1.807, 2.05) is 0 Å². The Hall–Kier alpha value is -2.15. The van der Waals surface area contributed by atoms with Crippen LogP contribution in [0.2, 0.25) is 0 Å². The summed E-state index contributed by atoms with van der Waals surface area (Å²) >= 11 is 0. The van der Waals surface area contributed by atoms with Crippen molar-refractivity contribution in [1.82, 2.24) is 15.1 Å². The number of carbonyl (C=O) groups excluding carboxylic acids is 2. The zero-order chi connectivity index (χ0) is 18.9. The summed E-state index contributed by atoms with van der Waals surface area (Å²) in [5.74, 6) is -1.26. The van der Waals surface area contributed by atoms with Crippen molar-refractivity contribution >= 4 is 17.5 Å². The van der Waals surface area contributed by atoms with Gasteiger partial charge in [0.15, 0.2) is 0 Å². The summed E-state index contributed by atoms with van der Waals surface area (Å²) in [5, 5.41) is 2.72. The summed E-state index contributed by atoms with van der Waals surface area (Å²) in [6.45, 7) is 9.86. The first kappa shape index (κ1) is 20.2. The lowest BCUT2D eigenvalue weighted by Gasteiger charge is -2.35. The van der Waals surface area contributed by atoms with Crippen LogP contribution in [-0.4, -0.2) is 74.0 Å². The molecule has 7 heteroatoms. The van der Waals surface area contributed by atoms with Crippen molar-refractivity contribution in [3.63, 3.8) is 0 Å². The second-order valence-electron chi connectivity index (χ2n) is 6.39. The average molecular weight is 364 g/mol. The van der Waals surface area contributed by atoms with Crippen molar-refractivity contribution in [2.24, 2.45) is 0 Å². The van der Waals surface area contributed by atoms with Crippen LogP contribution in [0.1, 0.15) is 20.3 Å². The summed E-state index contributed by atoms with van der Waals surface area (Å²) in [5.41, 5.74) is 0.930. The first-order valence-electron chi connectivity index (χ1n) is 9.35. The monoisotopic (exact) mass is 364 g/mol. The van der Waals surface area contributed by atoms with E-state index in [4.69, 9.17) is 0 Å². The van der Waals surface area contributed by atoms with E-state index in [0.717, 1.165) is 31.7 Å². The van der Waals surface area contributed by atoms with Crippen LogP contribution >= 0.6 is 0 Å². The summed E-state index contributed by atoms with van der Waals surface area (Å²) in [4.78, 5) is 30.3. The van der Waals surface area contributed by atoms with Gasteiger partial charge in [0, 0.05) is 38.4 Å². The highest BCUT2D eigenvalue weighted by molar-refractivity contribution is 6.35. The number of carbonyl (C=O) groups is 2. The smallest absolute Gasteiger partial charge is 0.312 e. The second kappa shape index (κ2) is 10.1. The molecule has 2 amide bonds. The highest BCUT2D eigenvalue weighted by Gasteiger charge is 2.25. The molecule has 0 bridgehead atoms. The van der Waals surface area contributed by atoms with Crippen LogP contribution in [0.5, 0.6) is 0 Å². The molecule has 6 nitrogen and oxygen atoms in total. The Morgan fingerprint density at radius 2 is 1.69 bits per heavy atom. The SMILES string of the molecule is CCN(CC)CCCNC(=O)C(=O)N1CCN(c2ccc(F)cc2)CC1. The molecule has 1 fully saturated rings. The molecule has 0 aliphatic carbocycles. The molecule has 144 valence electrons. The molecular formula is C19H29FN4O2. The first-order chi connectivity index (χ1) is 12.5. The van der Waals surface area contributed by atoms with Gasteiger partial charge in [-0.3, -0.25) is 9.59 Å². The molecule has 1 heterocycles. The third-order valence-electron chi connectivity index (χ3n) is 4.78. The maximum atomic E-state index is 13.0. The van der Waals surface area contributed by atoms with E-state index in [-0.39, 0.29) is 5.82 Å². The molecule has 0 aromatic heterocycles. The predicted molar refractivity (Wildman–Crippen MR) is 101 cm³/mol. The van der Waals surface area contributed by atoms with Crippen molar-refractivity contribution in [1.29, 1.82) is 0 Å². The van der Waals surface area contributed by atoms with Crippen molar-refractivity contribution in [2.75, 3.05) is 57.3 Å². The molecule has 1 aliphatic heterocycles. The normalized spacial score (nSPS) is 14.6. The van der Waals surface area contributed by atoms with Gasteiger partial charge in [-0.15, -0.1) is 0 Å². The molecular weight excluding hydrogens is 335 g/mol. The van der Waals surface area contributed by atoms with E-state index in [1.165, 1.54) is 12.1 Å². The zero-order valence-corrected chi connectivity index (χ0v) is 15.7. The fraction of sp³-hybridized carbons (Fsp3) is 0.579. The van der Waals surface area contributed by atoms with Crippen LogP contribution in [0.15, 0.2) is 24.3 Å². The van der Waals surface area contributed by atoms with Crippen LogP contribution in [-0.2, 0) is 9.59 Å². The van der Waals surface area contributed by atoms with Crippen molar-refractivity contribution < 1.29 is 14.0 Å². The van der Waals surface area contributed by atoms with E-state index in [1.54, 1.807) is 17.0 Å². The lowest BCUT2D eigenvalue weighted by Crippen LogP contribution is -2.52. The number of piperazine rings is 1. The van der Waals surface area contributed by atoms with Gasteiger partial charge in [0.25, 0.3) is 0 Å². The average Bonchev–Trinajstić information content (AvgIpc) is 2.68.